The summed E-state index contributed by atoms with van der Waals surface area (Å²) in [6.07, 6.45) is 1.03. The number of rotatable bonds is 4. The van der Waals surface area contributed by atoms with Crippen molar-refractivity contribution in [2.45, 2.75) is 12.3 Å². The number of carbonyl (C=O) groups is 1. The highest BCUT2D eigenvalue weighted by Gasteiger charge is 2.25. The van der Waals surface area contributed by atoms with E-state index in [1.165, 1.54) is 5.56 Å². The summed E-state index contributed by atoms with van der Waals surface area (Å²) in [5, 5.41) is 0. The van der Waals surface area contributed by atoms with Crippen molar-refractivity contribution in [1.29, 1.82) is 0 Å². The van der Waals surface area contributed by atoms with E-state index >= 15 is 0 Å². The van der Waals surface area contributed by atoms with Crippen LogP contribution >= 0.6 is 0 Å². The standard InChI is InChI=1S/C13H19N3O2/c1-18-12-6-9(2-3-11(12)14)10-4-5-16(7-10)8-13(15)17/h2-3,6,10H,4-5,7-8,14H2,1H3,(H2,15,17). The molecule has 1 unspecified atom stereocenters. The van der Waals surface area contributed by atoms with Gasteiger partial charge in [0.25, 0.3) is 0 Å². The summed E-state index contributed by atoms with van der Waals surface area (Å²) in [7, 11) is 1.61. The fourth-order valence-corrected chi connectivity index (χ4v) is 2.45. The minimum atomic E-state index is -0.273. The molecular formula is C13H19N3O2. The van der Waals surface area contributed by atoms with Crippen LogP contribution in [0.15, 0.2) is 18.2 Å². The van der Waals surface area contributed by atoms with E-state index in [-0.39, 0.29) is 5.91 Å². The number of primary amides is 1. The average molecular weight is 249 g/mol. The van der Waals surface area contributed by atoms with E-state index in [4.69, 9.17) is 16.2 Å². The van der Waals surface area contributed by atoms with Crippen molar-refractivity contribution < 1.29 is 9.53 Å². The van der Waals surface area contributed by atoms with Gasteiger partial charge in [0.05, 0.1) is 19.3 Å². The fraction of sp³-hybridized carbons (Fsp3) is 0.462. The van der Waals surface area contributed by atoms with Gasteiger partial charge < -0.3 is 16.2 Å². The third-order valence-corrected chi connectivity index (χ3v) is 3.38. The van der Waals surface area contributed by atoms with Crippen molar-refractivity contribution in [3.8, 4) is 5.75 Å². The number of likely N-dealkylation sites (tertiary alicyclic amines) is 1. The fourth-order valence-electron chi connectivity index (χ4n) is 2.45. The molecule has 4 N–H and O–H groups in total. The number of carbonyl (C=O) groups excluding carboxylic acids is 1. The van der Waals surface area contributed by atoms with Crippen LogP contribution in [0.5, 0.6) is 5.75 Å². The quantitative estimate of drug-likeness (QED) is 0.764. The largest absolute Gasteiger partial charge is 0.495 e. The van der Waals surface area contributed by atoms with E-state index in [2.05, 4.69) is 4.90 Å². The topological polar surface area (TPSA) is 81.6 Å². The summed E-state index contributed by atoms with van der Waals surface area (Å²) in [6, 6.07) is 5.87. The Kier molecular flexibility index (Phi) is 3.72. The van der Waals surface area contributed by atoms with Crippen molar-refractivity contribution in [3.63, 3.8) is 0 Å². The molecule has 0 aliphatic carbocycles. The van der Waals surface area contributed by atoms with Gasteiger partial charge in [0.1, 0.15) is 5.75 Å². The van der Waals surface area contributed by atoms with E-state index in [0.29, 0.717) is 23.9 Å². The third-order valence-electron chi connectivity index (χ3n) is 3.38. The lowest BCUT2D eigenvalue weighted by Crippen LogP contribution is -2.31. The van der Waals surface area contributed by atoms with E-state index in [0.717, 1.165) is 19.5 Å². The lowest BCUT2D eigenvalue weighted by molar-refractivity contribution is -0.118. The molecular weight excluding hydrogens is 230 g/mol. The van der Waals surface area contributed by atoms with Gasteiger partial charge in [-0.15, -0.1) is 0 Å². The van der Waals surface area contributed by atoms with Gasteiger partial charge in [-0.1, -0.05) is 6.07 Å². The lowest BCUT2D eigenvalue weighted by Gasteiger charge is -2.15. The van der Waals surface area contributed by atoms with Gasteiger partial charge >= 0.3 is 0 Å². The predicted octanol–water partition coefficient (Wildman–Crippen LogP) is 0.552. The molecule has 1 saturated heterocycles. The lowest BCUT2D eigenvalue weighted by atomic mass is 9.98. The first-order valence-electron chi connectivity index (χ1n) is 6.04. The molecule has 1 atom stereocenters. The Hall–Kier alpha value is -1.75. The Morgan fingerprint density at radius 2 is 2.33 bits per heavy atom. The zero-order chi connectivity index (χ0) is 13.1. The van der Waals surface area contributed by atoms with Crippen LogP contribution in [-0.2, 0) is 4.79 Å². The van der Waals surface area contributed by atoms with Crippen LogP contribution in [0.1, 0.15) is 17.9 Å². The molecule has 1 fully saturated rings. The average Bonchev–Trinajstić information content (AvgIpc) is 2.77. The molecule has 1 aliphatic heterocycles. The molecule has 1 aliphatic rings. The number of nitrogens with two attached hydrogens (primary N) is 2. The van der Waals surface area contributed by atoms with Crippen LogP contribution in [0, 0.1) is 0 Å². The Balaban J connectivity index is 2.07. The number of ether oxygens (including phenoxy) is 1. The van der Waals surface area contributed by atoms with E-state index < -0.39 is 0 Å². The SMILES string of the molecule is COc1cc(C2CCN(CC(N)=O)C2)ccc1N. The maximum atomic E-state index is 10.9. The molecule has 0 aromatic heterocycles. The number of methoxy groups -OCH3 is 1. The minimum absolute atomic E-state index is 0.273. The highest BCUT2D eigenvalue weighted by Crippen LogP contribution is 2.31. The zero-order valence-corrected chi connectivity index (χ0v) is 10.6. The first kappa shape index (κ1) is 12.7. The van der Waals surface area contributed by atoms with E-state index in [1.54, 1.807) is 7.11 Å². The van der Waals surface area contributed by atoms with Gasteiger partial charge in [-0.05, 0) is 36.6 Å². The summed E-state index contributed by atoms with van der Waals surface area (Å²) in [5.74, 6) is 0.852. The first-order chi connectivity index (χ1) is 8.60. The second kappa shape index (κ2) is 5.27. The van der Waals surface area contributed by atoms with Crippen molar-refractivity contribution in [2.24, 2.45) is 5.73 Å². The number of anilines is 1. The van der Waals surface area contributed by atoms with Crippen molar-refractivity contribution in [1.82, 2.24) is 4.90 Å². The number of benzene rings is 1. The first-order valence-corrected chi connectivity index (χ1v) is 6.04. The molecule has 18 heavy (non-hydrogen) atoms. The number of amides is 1. The Morgan fingerprint density at radius 1 is 1.56 bits per heavy atom. The van der Waals surface area contributed by atoms with Crippen LogP contribution in [-0.4, -0.2) is 37.6 Å². The summed E-state index contributed by atoms with van der Waals surface area (Å²) >= 11 is 0. The molecule has 0 saturated carbocycles. The van der Waals surface area contributed by atoms with Crippen LogP contribution in [0.4, 0.5) is 5.69 Å². The van der Waals surface area contributed by atoms with Crippen LogP contribution < -0.4 is 16.2 Å². The molecule has 0 spiro atoms. The Morgan fingerprint density at radius 3 is 3.00 bits per heavy atom. The molecule has 1 aromatic rings. The zero-order valence-electron chi connectivity index (χ0n) is 10.6. The third kappa shape index (κ3) is 2.73. The summed E-state index contributed by atoms with van der Waals surface area (Å²) < 4.78 is 5.22. The summed E-state index contributed by atoms with van der Waals surface area (Å²) in [6.45, 7) is 2.10. The van der Waals surface area contributed by atoms with Crippen molar-refractivity contribution in [3.05, 3.63) is 23.8 Å². The molecule has 1 heterocycles. The number of hydrogen-bond acceptors (Lipinski definition) is 4. The monoisotopic (exact) mass is 249 g/mol. The van der Waals surface area contributed by atoms with Gasteiger partial charge in [0.15, 0.2) is 0 Å². The Labute approximate surface area is 107 Å². The maximum absolute atomic E-state index is 10.9. The number of hydrogen-bond donors (Lipinski definition) is 2. The highest BCUT2D eigenvalue weighted by molar-refractivity contribution is 5.76. The van der Waals surface area contributed by atoms with Gasteiger partial charge in [-0.2, -0.15) is 0 Å². The molecule has 1 aromatic carbocycles. The highest BCUT2D eigenvalue weighted by atomic mass is 16.5. The molecule has 5 heteroatoms. The second-order valence-electron chi connectivity index (χ2n) is 4.69. The van der Waals surface area contributed by atoms with Gasteiger partial charge in [-0.3, -0.25) is 9.69 Å². The van der Waals surface area contributed by atoms with Crippen molar-refractivity contribution in [2.75, 3.05) is 32.5 Å². The van der Waals surface area contributed by atoms with Crippen LogP contribution in [0.2, 0.25) is 0 Å². The van der Waals surface area contributed by atoms with Gasteiger partial charge in [-0.25, -0.2) is 0 Å². The normalized spacial score (nSPS) is 19.9. The molecule has 5 nitrogen and oxygen atoms in total. The maximum Gasteiger partial charge on any atom is 0.231 e. The number of nitrogen functional groups attached to an aromatic ring is 1. The van der Waals surface area contributed by atoms with Gasteiger partial charge in [0, 0.05) is 6.54 Å². The van der Waals surface area contributed by atoms with E-state index in [1.807, 2.05) is 18.2 Å². The number of nitrogens with zero attached hydrogens (tertiary/aromatic N) is 1. The Bertz CT molecular complexity index is 448. The summed E-state index contributed by atoms with van der Waals surface area (Å²) in [4.78, 5) is 13.0. The molecule has 2 rings (SSSR count). The minimum Gasteiger partial charge on any atom is -0.495 e. The smallest absolute Gasteiger partial charge is 0.231 e. The van der Waals surface area contributed by atoms with Gasteiger partial charge in [0.2, 0.25) is 5.91 Å². The van der Waals surface area contributed by atoms with E-state index in [9.17, 15) is 4.79 Å². The second-order valence-corrected chi connectivity index (χ2v) is 4.69. The molecule has 1 amide bonds. The predicted molar refractivity (Wildman–Crippen MR) is 70.4 cm³/mol. The molecule has 0 radical (unpaired) electrons. The summed E-state index contributed by atoms with van der Waals surface area (Å²) in [5.41, 5.74) is 12.8. The molecule has 98 valence electrons. The molecule has 0 bridgehead atoms. The van der Waals surface area contributed by atoms with Crippen LogP contribution in [0.3, 0.4) is 0 Å². The van der Waals surface area contributed by atoms with Crippen LogP contribution in [0.25, 0.3) is 0 Å². The van der Waals surface area contributed by atoms with Crippen molar-refractivity contribution >= 4 is 11.6 Å².